The van der Waals surface area contributed by atoms with Crippen molar-refractivity contribution in [2.45, 2.75) is 52.1 Å². The van der Waals surface area contributed by atoms with Crippen LogP contribution in [0.4, 0.5) is 0 Å². The standard InChI is InChI=1S/C25H30N2O4/c1-5-30-20-13-16-11-12-27-23(19(16)14-21(20)31-6-2)22(24(28)26-15(3)4)17-9-7-8-10-18(17)25(27)29/h7-10,13-15,22-23H,5-6,11-12H2,1-4H3,(H,26,28)/t22-,23+/m0/s1. The van der Waals surface area contributed by atoms with Crippen LogP contribution in [0.25, 0.3) is 0 Å². The second-order valence-corrected chi connectivity index (χ2v) is 8.29. The molecule has 0 fully saturated rings. The lowest BCUT2D eigenvalue weighted by Gasteiger charge is -2.45. The molecule has 164 valence electrons. The third-order valence-corrected chi connectivity index (χ3v) is 5.90. The van der Waals surface area contributed by atoms with Crippen molar-refractivity contribution in [2.75, 3.05) is 19.8 Å². The van der Waals surface area contributed by atoms with E-state index < -0.39 is 5.92 Å². The molecule has 1 N–H and O–H groups in total. The van der Waals surface area contributed by atoms with E-state index in [2.05, 4.69) is 5.32 Å². The first-order valence-electron chi connectivity index (χ1n) is 11.1. The molecular weight excluding hydrogens is 392 g/mol. The number of fused-ring (bicyclic) bond motifs is 4. The van der Waals surface area contributed by atoms with E-state index >= 15 is 0 Å². The monoisotopic (exact) mass is 422 g/mol. The second-order valence-electron chi connectivity index (χ2n) is 8.29. The minimum atomic E-state index is -0.484. The molecule has 0 bridgehead atoms. The summed E-state index contributed by atoms with van der Waals surface area (Å²) < 4.78 is 11.7. The summed E-state index contributed by atoms with van der Waals surface area (Å²) in [6.45, 7) is 9.39. The maximum absolute atomic E-state index is 13.4. The summed E-state index contributed by atoms with van der Waals surface area (Å²) in [5.41, 5.74) is 3.46. The van der Waals surface area contributed by atoms with Gasteiger partial charge in [0.05, 0.1) is 25.2 Å². The molecule has 2 heterocycles. The van der Waals surface area contributed by atoms with Gasteiger partial charge >= 0.3 is 0 Å². The van der Waals surface area contributed by atoms with Crippen molar-refractivity contribution in [3.63, 3.8) is 0 Å². The van der Waals surface area contributed by atoms with E-state index in [1.807, 2.05) is 69.0 Å². The molecule has 6 heteroatoms. The zero-order valence-corrected chi connectivity index (χ0v) is 18.6. The van der Waals surface area contributed by atoms with Gasteiger partial charge in [-0.25, -0.2) is 0 Å². The fourth-order valence-electron chi connectivity index (χ4n) is 4.73. The van der Waals surface area contributed by atoms with Gasteiger partial charge in [0.1, 0.15) is 0 Å². The van der Waals surface area contributed by atoms with E-state index in [0.717, 1.165) is 16.7 Å². The Morgan fingerprint density at radius 3 is 2.45 bits per heavy atom. The maximum Gasteiger partial charge on any atom is 0.254 e. The van der Waals surface area contributed by atoms with E-state index in [4.69, 9.17) is 9.47 Å². The molecule has 0 aromatic heterocycles. The molecule has 0 spiro atoms. The van der Waals surface area contributed by atoms with Crippen molar-refractivity contribution in [2.24, 2.45) is 0 Å². The number of carbonyl (C=O) groups is 2. The molecule has 4 rings (SSSR count). The smallest absolute Gasteiger partial charge is 0.254 e. The number of rotatable bonds is 6. The molecular formula is C25H30N2O4. The molecule has 0 aliphatic carbocycles. The highest BCUT2D eigenvalue weighted by Crippen LogP contribution is 2.48. The Labute approximate surface area is 183 Å². The maximum atomic E-state index is 13.4. The fraction of sp³-hybridized carbons (Fsp3) is 0.440. The topological polar surface area (TPSA) is 67.9 Å². The van der Waals surface area contributed by atoms with Crippen molar-refractivity contribution >= 4 is 11.8 Å². The minimum Gasteiger partial charge on any atom is -0.490 e. The lowest BCUT2D eigenvalue weighted by atomic mass is 9.75. The SMILES string of the molecule is CCOc1cc2c(cc1OCC)[C@@H]1[C@@H](C(=O)NC(C)C)c3ccccc3C(=O)N1CC2. The molecule has 2 aliphatic heterocycles. The van der Waals surface area contributed by atoms with Crippen LogP contribution in [0.3, 0.4) is 0 Å². The van der Waals surface area contributed by atoms with Crippen LogP contribution >= 0.6 is 0 Å². The first-order valence-corrected chi connectivity index (χ1v) is 11.1. The summed E-state index contributed by atoms with van der Waals surface area (Å²) in [6, 6.07) is 11.1. The van der Waals surface area contributed by atoms with Crippen LogP contribution in [0, 0.1) is 0 Å². The van der Waals surface area contributed by atoms with Gasteiger partial charge in [0.2, 0.25) is 5.91 Å². The predicted octanol–water partition coefficient (Wildman–Crippen LogP) is 3.85. The Bertz CT molecular complexity index is 1000. The molecule has 2 aromatic rings. The van der Waals surface area contributed by atoms with Gasteiger partial charge in [-0.2, -0.15) is 0 Å². The van der Waals surface area contributed by atoms with Crippen LogP contribution in [0.1, 0.15) is 66.7 Å². The van der Waals surface area contributed by atoms with Crippen LogP contribution in [0.2, 0.25) is 0 Å². The number of hydrogen-bond donors (Lipinski definition) is 1. The first kappa shape index (κ1) is 21.2. The average molecular weight is 423 g/mol. The molecule has 2 amide bonds. The molecule has 0 radical (unpaired) electrons. The highest BCUT2D eigenvalue weighted by molar-refractivity contribution is 6.01. The molecule has 0 saturated carbocycles. The fourth-order valence-corrected chi connectivity index (χ4v) is 4.73. The van der Waals surface area contributed by atoms with E-state index in [1.54, 1.807) is 0 Å². The number of amides is 2. The lowest BCUT2D eigenvalue weighted by molar-refractivity contribution is -0.124. The Morgan fingerprint density at radius 1 is 1.10 bits per heavy atom. The van der Waals surface area contributed by atoms with E-state index in [-0.39, 0.29) is 23.9 Å². The number of hydrogen-bond acceptors (Lipinski definition) is 4. The number of nitrogens with zero attached hydrogens (tertiary/aromatic N) is 1. The summed E-state index contributed by atoms with van der Waals surface area (Å²) in [5, 5.41) is 3.07. The van der Waals surface area contributed by atoms with E-state index in [0.29, 0.717) is 43.2 Å². The Kier molecular flexibility index (Phi) is 5.90. The van der Waals surface area contributed by atoms with Crippen LogP contribution in [0.15, 0.2) is 36.4 Å². The van der Waals surface area contributed by atoms with Crippen molar-refractivity contribution in [3.8, 4) is 11.5 Å². The molecule has 0 saturated heterocycles. The third kappa shape index (κ3) is 3.75. The lowest BCUT2D eigenvalue weighted by Crippen LogP contribution is -2.50. The van der Waals surface area contributed by atoms with Gasteiger partial charge in [0.15, 0.2) is 11.5 Å². The van der Waals surface area contributed by atoms with Crippen LogP contribution in [0.5, 0.6) is 11.5 Å². The van der Waals surface area contributed by atoms with Gasteiger partial charge in [-0.15, -0.1) is 0 Å². The van der Waals surface area contributed by atoms with E-state index in [1.165, 1.54) is 0 Å². The summed E-state index contributed by atoms with van der Waals surface area (Å²) >= 11 is 0. The van der Waals surface area contributed by atoms with Gasteiger partial charge in [0, 0.05) is 18.2 Å². The summed E-state index contributed by atoms with van der Waals surface area (Å²) in [5.74, 6) is 0.792. The largest absolute Gasteiger partial charge is 0.490 e. The van der Waals surface area contributed by atoms with E-state index in [9.17, 15) is 9.59 Å². The predicted molar refractivity (Wildman–Crippen MR) is 119 cm³/mol. The molecule has 6 nitrogen and oxygen atoms in total. The average Bonchev–Trinajstić information content (AvgIpc) is 2.74. The zero-order chi connectivity index (χ0) is 22.1. The zero-order valence-electron chi connectivity index (χ0n) is 18.6. The number of ether oxygens (including phenoxy) is 2. The number of carbonyl (C=O) groups excluding carboxylic acids is 2. The van der Waals surface area contributed by atoms with Crippen molar-refractivity contribution in [1.82, 2.24) is 10.2 Å². The summed E-state index contributed by atoms with van der Waals surface area (Å²) in [4.78, 5) is 28.6. The number of nitrogens with one attached hydrogen (secondary N) is 1. The summed E-state index contributed by atoms with van der Waals surface area (Å²) in [7, 11) is 0. The van der Waals surface area contributed by atoms with Gasteiger partial charge in [-0.1, -0.05) is 18.2 Å². The normalized spacial score (nSPS) is 19.4. The highest BCUT2D eigenvalue weighted by atomic mass is 16.5. The Hall–Kier alpha value is -3.02. The summed E-state index contributed by atoms with van der Waals surface area (Å²) in [6.07, 6.45) is 0.713. The highest BCUT2D eigenvalue weighted by Gasteiger charge is 2.46. The van der Waals surface area contributed by atoms with Crippen molar-refractivity contribution in [3.05, 3.63) is 58.7 Å². The molecule has 31 heavy (non-hydrogen) atoms. The molecule has 2 aromatic carbocycles. The molecule has 2 atom stereocenters. The quantitative estimate of drug-likeness (QED) is 0.768. The first-order chi connectivity index (χ1) is 15.0. The van der Waals surface area contributed by atoms with Gasteiger partial charge in [-0.3, -0.25) is 9.59 Å². The Morgan fingerprint density at radius 2 is 1.77 bits per heavy atom. The third-order valence-electron chi connectivity index (χ3n) is 5.90. The van der Waals surface area contributed by atoms with Gasteiger partial charge in [0.25, 0.3) is 5.91 Å². The van der Waals surface area contributed by atoms with Gasteiger partial charge in [-0.05, 0) is 69.0 Å². The van der Waals surface area contributed by atoms with Crippen molar-refractivity contribution in [1.29, 1.82) is 0 Å². The second kappa shape index (κ2) is 8.61. The minimum absolute atomic E-state index is 0.00752. The van der Waals surface area contributed by atoms with Crippen LogP contribution in [-0.2, 0) is 11.2 Å². The Balaban J connectivity index is 1.89. The van der Waals surface area contributed by atoms with Crippen LogP contribution in [-0.4, -0.2) is 42.5 Å². The molecule has 0 unspecified atom stereocenters. The van der Waals surface area contributed by atoms with Crippen LogP contribution < -0.4 is 14.8 Å². The molecule has 2 aliphatic rings. The van der Waals surface area contributed by atoms with Gasteiger partial charge < -0.3 is 19.7 Å². The number of benzene rings is 2. The van der Waals surface area contributed by atoms with Crippen molar-refractivity contribution < 1.29 is 19.1 Å².